The monoisotopic (exact) mass is 310 g/mol. The van der Waals surface area contributed by atoms with E-state index < -0.39 is 6.10 Å². The zero-order chi connectivity index (χ0) is 16.2. The highest BCUT2D eigenvalue weighted by Gasteiger charge is 2.15. The van der Waals surface area contributed by atoms with Gasteiger partial charge in [-0.05, 0) is 48.2 Å². The normalized spacial score (nSPS) is 14.2. The first kappa shape index (κ1) is 15.6. The fourth-order valence-electron chi connectivity index (χ4n) is 2.74. The minimum absolute atomic E-state index is 0.106. The number of aryl methyl sites for hydroxylation is 1. The van der Waals surface area contributed by atoms with Crippen molar-refractivity contribution in [2.45, 2.75) is 39.6 Å². The quantitative estimate of drug-likeness (QED) is 0.893. The van der Waals surface area contributed by atoms with Crippen LogP contribution in [0.3, 0.4) is 0 Å². The maximum Gasteiger partial charge on any atom is 0.261 e. The van der Waals surface area contributed by atoms with E-state index in [0.717, 1.165) is 30.0 Å². The Morgan fingerprint density at radius 3 is 2.87 bits per heavy atom. The molecular formula is C19H22N2O2. The van der Waals surface area contributed by atoms with Crippen LogP contribution >= 0.6 is 0 Å². The Hall–Kier alpha value is -2.33. The molecule has 0 fully saturated rings. The van der Waals surface area contributed by atoms with Gasteiger partial charge in [0, 0.05) is 19.6 Å². The predicted molar refractivity (Wildman–Crippen MR) is 90.1 cm³/mol. The van der Waals surface area contributed by atoms with Crippen LogP contribution in [-0.4, -0.2) is 12.0 Å². The van der Waals surface area contributed by atoms with Crippen molar-refractivity contribution in [1.29, 1.82) is 0 Å². The Morgan fingerprint density at radius 1 is 1.22 bits per heavy atom. The molecule has 2 aromatic rings. The topological polar surface area (TPSA) is 50.4 Å². The van der Waals surface area contributed by atoms with Gasteiger partial charge in [0.05, 0.1) is 0 Å². The summed E-state index contributed by atoms with van der Waals surface area (Å²) in [6.07, 6.45) is -0.520. The van der Waals surface area contributed by atoms with Crippen molar-refractivity contribution in [2.24, 2.45) is 0 Å². The summed E-state index contributed by atoms with van der Waals surface area (Å²) in [5.41, 5.74) is 4.89. The van der Waals surface area contributed by atoms with Gasteiger partial charge in [-0.3, -0.25) is 4.79 Å². The number of benzene rings is 2. The Morgan fingerprint density at radius 2 is 2.04 bits per heavy atom. The highest BCUT2D eigenvalue weighted by atomic mass is 16.5. The maximum absolute atomic E-state index is 12.2. The zero-order valence-electron chi connectivity index (χ0n) is 13.6. The molecule has 2 aromatic carbocycles. The summed E-state index contributed by atoms with van der Waals surface area (Å²) in [4.78, 5) is 12.2. The van der Waals surface area contributed by atoms with E-state index in [4.69, 9.17) is 4.74 Å². The van der Waals surface area contributed by atoms with E-state index in [0.29, 0.717) is 6.54 Å². The maximum atomic E-state index is 12.2. The molecule has 1 aliphatic heterocycles. The number of hydrogen-bond donors (Lipinski definition) is 2. The average Bonchev–Trinajstić information content (AvgIpc) is 3.00. The molecule has 2 N–H and O–H groups in total. The van der Waals surface area contributed by atoms with Crippen LogP contribution in [0.15, 0.2) is 42.5 Å². The fourth-order valence-corrected chi connectivity index (χ4v) is 2.74. The Balaban J connectivity index is 1.54. The van der Waals surface area contributed by atoms with E-state index in [9.17, 15) is 4.79 Å². The molecule has 3 rings (SSSR count). The highest BCUT2D eigenvalue weighted by molar-refractivity contribution is 5.80. The Bertz CT molecular complexity index is 712. The molecule has 1 atom stereocenters. The van der Waals surface area contributed by atoms with Crippen LogP contribution in [0.4, 0.5) is 0 Å². The Labute approximate surface area is 136 Å². The van der Waals surface area contributed by atoms with Gasteiger partial charge in [0.15, 0.2) is 6.10 Å². The predicted octanol–water partition coefficient (Wildman–Crippen LogP) is 2.68. The number of nitrogens with one attached hydrogen (secondary N) is 2. The molecular weight excluding hydrogens is 288 g/mol. The lowest BCUT2D eigenvalue weighted by atomic mass is 10.1. The zero-order valence-corrected chi connectivity index (χ0v) is 13.6. The lowest BCUT2D eigenvalue weighted by Gasteiger charge is -2.15. The molecule has 1 amide bonds. The minimum atomic E-state index is -0.520. The third-order valence-corrected chi connectivity index (χ3v) is 4.04. The van der Waals surface area contributed by atoms with Gasteiger partial charge in [-0.1, -0.05) is 30.3 Å². The lowest BCUT2D eigenvalue weighted by molar-refractivity contribution is -0.127. The average molecular weight is 310 g/mol. The molecule has 1 aliphatic rings. The summed E-state index contributed by atoms with van der Waals surface area (Å²) in [5.74, 6) is 0.612. The molecule has 4 nitrogen and oxygen atoms in total. The molecule has 1 unspecified atom stereocenters. The Kier molecular flexibility index (Phi) is 4.63. The molecule has 1 heterocycles. The summed E-state index contributed by atoms with van der Waals surface area (Å²) in [6.45, 7) is 6.13. The van der Waals surface area contributed by atoms with E-state index in [1.165, 1.54) is 11.1 Å². The number of carbonyl (C=O) groups is 1. The van der Waals surface area contributed by atoms with Crippen LogP contribution in [0.1, 0.15) is 29.2 Å². The molecule has 0 radical (unpaired) electrons. The molecule has 0 aromatic heterocycles. The standard InChI is InChI=1S/C19H22N2O2/c1-13-4-3-5-18(8-13)23-14(2)19(22)21-10-15-6-7-16-11-20-12-17(16)9-15/h3-9,14,20H,10-12H2,1-2H3,(H,21,22). The lowest BCUT2D eigenvalue weighted by Crippen LogP contribution is -2.35. The van der Waals surface area contributed by atoms with Gasteiger partial charge in [-0.2, -0.15) is 0 Å². The first-order valence-electron chi connectivity index (χ1n) is 7.94. The van der Waals surface area contributed by atoms with Gasteiger partial charge in [0.25, 0.3) is 5.91 Å². The van der Waals surface area contributed by atoms with E-state index >= 15 is 0 Å². The van der Waals surface area contributed by atoms with Crippen molar-refractivity contribution in [1.82, 2.24) is 10.6 Å². The second-order valence-corrected chi connectivity index (χ2v) is 6.00. The van der Waals surface area contributed by atoms with Crippen LogP contribution in [0, 0.1) is 6.92 Å². The van der Waals surface area contributed by atoms with Gasteiger partial charge in [-0.15, -0.1) is 0 Å². The summed E-state index contributed by atoms with van der Waals surface area (Å²) < 4.78 is 5.70. The molecule has 120 valence electrons. The van der Waals surface area contributed by atoms with Crippen LogP contribution in [0.5, 0.6) is 5.75 Å². The molecule has 0 bridgehead atoms. The van der Waals surface area contributed by atoms with Crippen LogP contribution in [0.2, 0.25) is 0 Å². The molecule has 0 saturated carbocycles. The second-order valence-electron chi connectivity index (χ2n) is 6.00. The number of fused-ring (bicyclic) bond motifs is 1. The van der Waals surface area contributed by atoms with E-state index in [1.807, 2.05) is 31.2 Å². The molecule has 0 saturated heterocycles. The number of amides is 1. The molecule has 0 aliphatic carbocycles. The van der Waals surface area contributed by atoms with Crippen LogP contribution in [0.25, 0.3) is 0 Å². The summed E-state index contributed by atoms with van der Waals surface area (Å²) in [7, 11) is 0. The van der Waals surface area contributed by atoms with Crippen molar-refractivity contribution < 1.29 is 9.53 Å². The summed E-state index contributed by atoms with van der Waals surface area (Å²) in [5, 5.41) is 6.26. The van der Waals surface area contributed by atoms with Crippen molar-refractivity contribution in [3.05, 3.63) is 64.7 Å². The largest absolute Gasteiger partial charge is 0.481 e. The van der Waals surface area contributed by atoms with Gasteiger partial charge in [0.1, 0.15) is 5.75 Å². The van der Waals surface area contributed by atoms with Gasteiger partial charge >= 0.3 is 0 Å². The van der Waals surface area contributed by atoms with Crippen LogP contribution in [-0.2, 0) is 24.4 Å². The SMILES string of the molecule is Cc1cccc(OC(C)C(=O)NCc2ccc3c(c2)CNC3)c1. The number of hydrogen-bond acceptors (Lipinski definition) is 3. The van der Waals surface area contributed by atoms with Gasteiger partial charge < -0.3 is 15.4 Å². The van der Waals surface area contributed by atoms with Crippen molar-refractivity contribution in [3.8, 4) is 5.75 Å². The van der Waals surface area contributed by atoms with Crippen molar-refractivity contribution in [3.63, 3.8) is 0 Å². The van der Waals surface area contributed by atoms with E-state index in [2.05, 4.69) is 28.8 Å². The summed E-state index contributed by atoms with van der Waals surface area (Å²) >= 11 is 0. The van der Waals surface area contributed by atoms with Crippen LogP contribution < -0.4 is 15.4 Å². The molecule has 23 heavy (non-hydrogen) atoms. The number of carbonyl (C=O) groups excluding carboxylic acids is 1. The highest BCUT2D eigenvalue weighted by Crippen LogP contribution is 2.17. The van der Waals surface area contributed by atoms with Crippen molar-refractivity contribution in [2.75, 3.05) is 0 Å². The van der Waals surface area contributed by atoms with Gasteiger partial charge in [0.2, 0.25) is 0 Å². The van der Waals surface area contributed by atoms with E-state index in [1.54, 1.807) is 6.92 Å². The number of rotatable bonds is 5. The summed E-state index contributed by atoms with van der Waals surface area (Å²) in [6, 6.07) is 14.1. The number of ether oxygens (including phenoxy) is 1. The third-order valence-electron chi connectivity index (χ3n) is 4.04. The second kappa shape index (κ2) is 6.84. The first-order chi connectivity index (χ1) is 11.1. The van der Waals surface area contributed by atoms with E-state index in [-0.39, 0.29) is 5.91 Å². The fraction of sp³-hybridized carbons (Fsp3) is 0.316. The smallest absolute Gasteiger partial charge is 0.261 e. The molecule has 0 spiro atoms. The first-order valence-corrected chi connectivity index (χ1v) is 7.94. The van der Waals surface area contributed by atoms with Crippen molar-refractivity contribution >= 4 is 5.91 Å². The molecule has 4 heteroatoms. The minimum Gasteiger partial charge on any atom is -0.481 e. The third kappa shape index (κ3) is 3.90. The van der Waals surface area contributed by atoms with Gasteiger partial charge in [-0.25, -0.2) is 0 Å².